The maximum atomic E-state index is 12.1. The molecule has 5 nitrogen and oxygen atoms in total. The van der Waals surface area contributed by atoms with Crippen LogP contribution in [0.5, 0.6) is 0 Å². The first kappa shape index (κ1) is 18.3. The summed E-state index contributed by atoms with van der Waals surface area (Å²) in [6.07, 6.45) is 3.34. The van der Waals surface area contributed by atoms with E-state index in [2.05, 4.69) is 22.2 Å². The second-order valence-electron chi connectivity index (χ2n) is 6.97. The van der Waals surface area contributed by atoms with Crippen molar-refractivity contribution >= 4 is 45.0 Å². The zero-order chi connectivity index (χ0) is 18.8. The van der Waals surface area contributed by atoms with Crippen LogP contribution in [0, 0.1) is 5.92 Å². The van der Waals surface area contributed by atoms with Crippen molar-refractivity contribution in [3.05, 3.63) is 46.3 Å². The molecule has 4 rings (SSSR count). The lowest BCUT2D eigenvalue weighted by atomic mass is 9.89. The Labute approximate surface area is 166 Å². The number of fused-ring (bicyclic) bond motifs is 3. The van der Waals surface area contributed by atoms with Crippen molar-refractivity contribution in [3.8, 4) is 0 Å². The summed E-state index contributed by atoms with van der Waals surface area (Å²) in [5, 5.41) is 4.52. The molecule has 3 aromatic rings. The van der Waals surface area contributed by atoms with Gasteiger partial charge in [-0.1, -0.05) is 49.0 Å². The number of hydrogen-bond acceptors (Lipinski definition) is 6. The van der Waals surface area contributed by atoms with Crippen LogP contribution in [-0.4, -0.2) is 21.6 Å². The molecule has 1 aromatic carbocycles. The Balaban J connectivity index is 1.42. The number of nitrogens with two attached hydrogens (primary N) is 1. The van der Waals surface area contributed by atoms with E-state index < -0.39 is 0 Å². The summed E-state index contributed by atoms with van der Waals surface area (Å²) in [7, 11) is 0. The highest BCUT2D eigenvalue weighted by Gasteiger charge is 2.23. The summed E-state index contributed by atoms with van der Waals surface area (Å²) in [5.74, 6) is 1.49. The van der Waals surface area contributed by atoms with Crippen molar-refractivity contribution in [1.29, 1.82) is 0 Å². The molecule has 0 aliphatic heterocycles. The van der Waals surface area contributed by atoms with E-state index in [9.17, 15) is 4.79 Å². The number of nitrogens with zero attached hydrogens (tertiary/aromatic N) is 2. The van der Waals surface area contributed by atoms with Crippen LogP contribution in [0.1, 0.15) is 29.3 Å². The monoisotopic (exact) mass is 398 g/mol. The first-order chi connectivity index (χ1) is 13.1. The van der Waals surface area contributed by atoms with Gasteiger partial charge in [0.15, 0.2) is 5.16 Å². The van der Waals surface area contributed by atoms with Gasteiger partial charge in [0.2, 0.25) is 5.91 Å². The Morgan fingerprint density at radius 1 is 1.33 bits per heavy atom. The van der Waals surface area contributed by atoms with Crippen LogP contribution in [0.2, 0.25) is 0 Å². The number of carbonyl (C=O) groups excluding carboxylic acids is 1. The van der Waals surface area contributed by atoms with E-state index >= 15 is 0 Å². The lowest BCUT2D eigenvalue weighted by Gasteiger charge is -2.17. The Morgan fingerprint density at radius 3 is 2.96 bits per heavy atom. The van der Waals surface area contributed by atoms with E-state index in [0.29, 0.717) is 23.4 Å². The van der Waals surface area contributed by atoms with E-state index in [1.165, 1.54) is 28.6 Å². The van der Waals surface area contributed by atoms with Gasteiger partial charge in [0.05, 0.1) is 11.1 Å². The molecule has 1 aliphatic carbocycles. The number of carbonyl (C=O) groups is 1. The van der Waals surface area contributed by atoms with Crippen LogP contribution in [0.4, 0.5) is 5.82 Å². The van der Waals surface area contributed by atoms with Crippen molar-refractivity contribution in [2.45, 2.75) is 37.9 Å². The molecular weight excluding hydrogens is 376 g/mol. The Morgan fingerprint density at radius 2 is 2.15 bits per heavy atom. The van der Waals surface area contributed by atoms with Gasteiger partial charge in [0.25, 0.3) is 0 Å². The molecule has 2 heterocycles. The summed E-state index contributed by atoms with van der Waals surface area (Å²) < 4.78 is 0. The molecule has 0 spiro atoms. The number of nitrogen functional groups attached to an aromatic ring is 1. The number of anilines is 1. The van der Waals surface area contributed by atoms with Crippen LogP contribution in [0.3, 0.4) is 0 Å². The number of hydrogen-bond donors (Lipinski definition) is 2. The van der Waals surface area contributed by atoms with Crippen molar-refractivity contribution in [3.63, 3.8) is 0 Å². The summed E-state index contributed by atoms with van der Waals surface area (Å²) in [6.45, 7) is 2.82. The first-order valence-corrected chi connectivity index (χ1v) is 10.9. The summed E-state index contributed by atoms with van der Waals surface area (Å²) in [5.41, 5.74) is 8.66. The highest BCUT2D eigenvalue weighted by molar-refractivity contribution is 7.99. The van der Waals surface area contributed by atoms with E-state index in [-0.39, 0.29) is 11.7 Å². The van der Waals surface area contributed by atoms with E-state index in [1.54, 1.807) is 11.3 Å². The highest BCUT2D eigenvalue weighted by atomic mass is 32.2. The predicted octanol–water partition coefficient (Wildman–Crippen LogP) is 3.81. The minimum absolute atomic E-state index is 0.0366. The van der Waals surface area contributed by atoms with Crippen LogP contribution < -0.4 is 11.1 Å². The zero-order valence-corrected chi connectivity index (χ0v) is 16.8. The second-order valence-corrected chi connectivity index (χ2v) is 9.00. The third-order valence-electron chi connectivity index (χ3n) is 4.83. The molecule has 0 fully saturated rings. The molecule has 3 N–H and O–H groups in total. The smallest absolute Gasteiger partial charge is 0.230 e. The first-order valence-electron chi connectivity index (χ1n) is 9.11. The molecule has 0 saturated carbocycles. The third kappa shape index (κ3) is 4.09. The quantitative estimate of drug-likeness (QED) is 0.505. The van der Waals surface area contributed by atoms with Gasteiger partial charge in [-0.05, 0) is 36.3 Å². The summed E-state index contributed by atoms with van der Waals surface area (Å²) in [6, 6.07) is 9.87. The maximum absolute atomic E-state index is 12.1. The van der Waals surface area contributed by atoms with E-state index in [4.69, 9.17) is 5.73 Å². The van der Waals surface area contributed by atoms with Gasteiger partial charge in [-0.2, -0.15) is 0 Å². The van der Waals surface area contributed by atoms with Crippen molar-refractivity contribution in [1.82, 2.24) is 15.3 Å². The maximum Gasteiger partial charge on any atom is 0.230 e. The topological polar surface area (TPSA) is 80.9 Å². The molecule has 0 unspecified atom stereocenters. The predicted molar refractivity (Wildman–Crippen MR) is 112 cm³/mol. The van der Waals surface area contributed by atoms with E-state index in [1.807, 2.05) is 30.3 Å². The largest absolute Gasteiger partial charge is 0.383 e. The van der Waals surface area contributed by atoms with Crippen molar-refractivity contribution < 1.29 is 4.79 Å². The number of aryl methyl sites for hydroxylation is 1. The summed E-state index contributed by atoms with van der Waals surface area (Å²) in [4.78, 5) is 23.6. The third-order valence-corrected chi connectivity index (χ3v) is 6.82. The molecule has 0 saturated heterocycles. The fourth-order valence-electron chi connectivity index (χ4n) is 3.39. The molecule has 140 valence electrons. The minimum Gasteiger partial charge on any atom is -0.383 e. The molecule has 0 radical (unpaired) electrons. The summed E-state index contributed by atoms with van der Waals surface area (Å²) >= 11 is 3.06. The van der Waals surface area contributed by atoms with Crippen LogP contribution in [0.25, 0.3) is 10.2 Å². The van der Waals surface area contributed by atoms with Gasteiger partial charge in [-0.25, -0.2) is 9.97 Å². The molecular formula is C20H22N4OS2. The van der Waals surface area contributed by atoms with Gasteiger partial charge >= 0.3 is 0 Å². The second kappa shape index (κ2) is 7.86. The SMILES string of the molecule is C[C@@H]1CCc2c(sc3nc(SCC(=O)NCc4ccccc4)nc(N)c23)C1. The van der Waals surface area contributed by atoms with Gasteiger partial charge in [0.1, 0.15) is 10.6 Å². The highest BCUT2D eigenvalue weighted by Crippen LogP contribution is 2.39. The molecule has 1 aliphatic rings. The van der Waals surface area contributed by atoms with Gasteiger partial charge in [-0.15, -0.1) is 11.3 Å². The standard InChI is InChI=1S/C20H22N4OS2/c1-12-7-8-14-15(9-12)27-19-17(14)18(21)23-20(24-19)26-11-16(25)22-10-13-5-3-2-4-6-13/h2-6,12H,7-11H2,1H3,(H,22,25)(H2,21,23,24)/t12-/m1/s1. The lowest BCUT2D eigenvalue weighted by molar-refractivity contribution is -0.118. The van der Waals surface area contributed by atoms with Gasteiger partial charge in [0, 0.05) is 11.4 Å². The number of benzene rings is 1. The minimum atomic E-state index is -0.0366. The number of aromatic nitrogens is 2. The molecule has 1 atom stereocenters. The Bertz CT molecular complexity index is 971. The van der Waals surface area contributed by atoms with Crippen LogP contribution >= 0.6 is 23.1 Å². The van der Waals surface area contributed by atoms with Crippen molar-refractivity contribution in [2.24, 2.45) is 5.92 Å². The van der Waals surface area contributed by atoms with Gasteiger partial charge in [-0.3, -0.25) is 4.79 Å². The molecule has 0 bridgehead atoms. The fraction of sp³-hybridized carbons (Fsp3) is 0.350. The number of thiophene rings is 1. The average Bonchev–Trinajstić information content (AvgIpc) is 3.03. The van der Waals surface area contributed by atoms with E-state index in [0.717, 1.165) is 28.6 Å². The number of thioether (sulfide) groups is 1. The lowest BCUT2D eigenvalue weighted by Crippen LogP contribution is -2.24. The Kier molecular flexibility index (Phi) is 5.31. The zero-order valence-electron chi connectivity index (χ0n) is 15.2. The van der Waals surface area contributed by atoms with Crippen molar-refractivity contribution in [2.75, 3.05) is 11.5 Å². The number of nitrogens with one attached hydrogen (secondary N) is 1. The molecule has 27 heavy (non-hydrogen) atoms. The average molecular weight is 399 g/mol. The molecule has 7 heteroatoms. The fourth-order valence-corrected chi connectivity index (χ4v) is 5.52. The van der Waals surface area contributed by atoms with Gasteiger partial charge < -0.3 is 11.1 Å². The Hall–Kier alpha value is -2.12. The molecule has 1 amide bonds. The molecule has 2 aromatic heterocycles. The van der Waals surface area contributed by atoms with Crippen LogP contribution in [-0.2, 0) is 24.2 Å². The number of rotatable bonds is 5. The normalized spacial score (nSPS) is 16.3. The van der Waals surface area contributed by atoms with Crippen LogP contribution in [0.15, 0.2) is 35.5 Å². The number of amides is 1.